The summed E-state index contributed by atoms with van der Waals surface area (Å²) in [5, 5.41) is 0. The van der Waals surface area contributed by atoms with Crippen molar-refractivity contribution in [3.05, 3.63) is 35.4 Å². The minimum absolute atomic E-state index is 0.319. The Hall–Kier alpha value is -0.0900. The number of ether oxygens (including phenoxy) is 1. The molecule has 1 heterocycles. The number of alkyl halides is 1. The summed E-state index contributed by atoms with van der Waals surface area (Å²) in [5.41, 5.74) is 2.65. The van der Waals surface area contributed by atoms with Crippen LogP contribution in [0, 0.1) is 6.92 Å². The lowest BCUT2D eigenvalue weighted by molar-refractivity contribution is 0.0368. The lowest BCUT2D eigenvalue weighted by Crippen LogP contribution is -2.19. The van der Waals surface area contributed by atoms with Gasteiger partial charge in [0.1, 0.15) is 0 Å². The molecule has 1 aliphatic rings. The molecule has 1 saturated heterocycles. The van der Waals surface area contributed by atoms with Crippen molar-refractivity contribution in [3.63, 3.8) is 0 Å². The molecule has 1 aromatic carbocycles. The highest BCUT2D eigenvalue weighted by Gasteiger charge is 2.30. The summed E-state index contributed by atoms with van der Waals surface area (Å²) in [6.07, 6.45) is 4.27. The summed E-state index contributed by atoms with van der Waals surface area (Å²) in [5.74, 6) is 0. The number of rotatable bonds is 3. The van der Waals surface area contributed by atoms with E-state index >= 15 is 0 Å². The highest BCUT2D eigenvalue weighted by atomic mass is 127. The molecule has 94 valence electrons. The predicted molar refractivity (Wildman–Crippen MR) is 80.7 cm³/mol. The van der Waals surface area contributed by atoms with Gasteiger partial charge in [0.15, 0.2) is 0 Å². The van der Waals surface area contributed by atoms with Crippen LogP contribution in [-0.2, 0) is 4.74 Å². The highest BCUT2D eigenvalue weighted by molar-refractivity contribution is 14.1. The molecule has 0 amide bonds. The summed E-state index contributed by atoms with van der Waals surface area (Å²) in [7, 11) is 0. The number of halogens is 1. The molecule has 2 heteroatoms. The van der Waals surface area contributed by atoms with E-state index in [1.165, 1.54) is 24.0 Å². The third-order valence-electron chi connectivity index (χ3n) is 3.27. The Morgan fingerprint density at radius 1 is 1.24 bits per heavy atom. The van der Waals surface area contributed by atoms with E-state index in [2.05, 4.69) is 67.6 Å². The molecule has 0 spiro atoms. The summed E-state index contributed by atoms with van der Waals surface area (Å²) in [4.78, 5) is 0. The first-order valence-electron chi connectivity index (χ1n) is 6.35. The minimum Gasteiger partial charge on any atom is -0.370 e. The standard InChI is InChI=1S/C15H21IO/c1-11-4-6-12(7-5-11)14-9-8-13(17-14)10-15(2,3)16/h4-7,13-14H,8-10H2,1-3H3. The summed E-state index contributed by atoms with van der Waals surface area (Å²) < 4.78 is 6.50. The van der Waals surface area contributed by atoms with Gasteiger partial charge in [-0.2, -0.15) is 0 Å². The number of hydrogen-bond donors (Lipinski definition) is 0. The minimum atomic E-state index is 0.319. The van der Waals surface area contributed by atoms with Gasteiger partial charge in [0.05, 0.1) is 12.2 Å². The van der Waals surface area contributed by atoms with Crippen molar-refractivity contribution in [2.75, 3.05) is 0 Å². The van der Waals surface area contributed by atoms with E-state index in [0.29, 0.717) is 15.6 Å². The second-order valence-electron chi connectivity index (χ2n) is 5.66. The van der Waals surface area contributed by atoms with Gasteiger partial charge in [-0.15, -0.1) is 0 Å². The summed E-state index contributed by atoms with van der Waals surface area (Å²) >= 11 is 2.51. The summed E-state index contributed by atoms with van der Waals surface area (Å²) in [6, 6.07) is 8.76. The number of aryl methyl sites for hydroxylation is 1. The first kappa shape index (κ1) is 13.3. The molecule has 0 aromatic heterocycles. The van der Waals surface area contributed by atoms with Crippen molar-refractivity contribution < 1.29 is 4.74 Å². The maximum Gasteiger partial charge on any atom is 0.0829 e. The van der Waals surface area contributed by atoms with Crippen LogP contribution >= 0.6 is 22.6 Å². The van der Waals surface area contributed by atoms with E-state index in [4.69, 9.17) is 4.74 Å². The Balaban J connectivity index is 1.96. The van der Waals surface area contributed by atoms with Gasteiger partial charge in [0, 0.05) is 3.42 Å². The first-order chi connectivity index (χ1) is 7.94. The maximum atomic E-state index is 6.16. The first-order valence-corrected chi connectivity index (χ1v) is 7.43. The molecule has 0 N–H and O–H groups in total. The molecule has 0 radical (unpaired) electrons. The molecule has 1 aromatic rings. The number of benzene rings is 1. The summed E-state index contributed by atoms with van der Waals surface area (Å²) in [6.45, 7) is 6.67. The number of hydrogen-bond acceptors (Lipinski definition) is 1. The van der Waals surface area contributed by atoms with Crippen LogP contribution in [0.2, 0.25) is 0 Å². The van der Waals surface area contributed by atoms with Gasteiger partial charge >= 0.3 is 0 Å². The molecule has 1 fully saturated rings. The van der Waals surface area contributed by atoms with Gasteiger partial charge < -0.3 is 4.74 Å². The van der Waals surface area contributed by atoms with Gasteiger partial charge in [0.25, 0.3) is 0 Å². The molecule has 0 aliphatic carbocycles. The van der Waals surface area contributed by atoms with Gasteiger partial charge in [-0.3, -0.25) is 0 Å². The molecule has 2 unspecified atom stereocenters. The Labute approximate surface area is 118 Å². The van der Waals surface area contributed by atoms with E-state index in [1.54, 1.807) is 0 Å². The normalized spacial score (nSPS) is 25.2. The average molecular weight is 344 g/mol. The Morgan fingerprint density at radius 3 is 2.47 bits per heavy atom. The Bertz CT molecular complexity index is 364. The zero-order valence-corrected chi connectivity index (χ0v) is 13.0. The van der Waals surface area contributed by atoms with Crippen LogP contribution in [0.4, 0.5) is 0 Å². The monoisotopic (exact) mass is 344 g/mol. The molecular weight excluding hydrogens is 323 g/mol. The molecule has 0 bridgehead atoms. The van der Waals surface area contributed by atoms with Gasteiger partial charge in [-0.1, -0.05) is 66.3 Å². The van der Waals surface area contributed by atoms with Crippen LogP contribution in [0.3, 0.4) is 0 Å². The van der Waals surface area contributed by atoms with Gasteiger partial charge in [-0.05, 0) is 31.7 Å². The second-order valence-corrected chi connectivity index (χ2v) is 8.58. The van der Waals surface area contributed by atoms with E-state index in [-0.39, 0.29) is 0 Å². The SMILES string of the molecule is Cc1ccc(C2CCC(CC(C)(C)I)O2)cc1. The molecule has 2 atom stereocenters. The average Bonchev–Trinajstić information content (AvgIpc) is 2.64. The van der Waals surface area contributed by atoms with Crippen molar-refractivity contribution in [1.82, 2.24) is 0 Å². The van der Waals surface area contributed by atoms with Crippen molar-refractivity contribution in [2.24, 2.45) is 0 Å². The van der Waals surface area contributed by atoms with Crippen molar-refractivity contribution in [2.45, 2.75) is 55.7 Å². The lowest BCUT2D eigenvalue weighted by Gasteiger charge is -2.21. The van der Waals surface area contributed by atoms with Crippen molar-refractivity contribution >= 4 is 22.6 Å². The van der Waals surface area contributed by atoms with E-state index in [1.807, 2.05) is 0 Å². The maximum absolute atomic E-state index is 6.16. The topological polar surface area (TPSA) is 9.23 Å². The fraction of sp³-hybridized carbons (Fsp3) is 0.600. The largest absolute Gasteiger partial charge is 0.370 e. The quantitative estimate of drug-likeness (QED) is 0.564. The van der Waals surface area contributed by atoms with E-state index < -0.39 is 0 Å². The Morgan fingerprint density at radius 2 is 1.88 bits per heavy atom. The van der Waals surface area contributed by atoms with Gasteiger partial charge in [0.2, 0.25) is 0 Å². The van der Waals surface area contributed by atoms with E-state index in [0.717, 1.165) is 6.42 Å². The molecule has 1 aliphatic heterocycles. The van der Waals surface area contributed by atoms with E-state index in [9.17, 15) is 0 Å². The molecule has 0 saturated carbocycles. The third kappa shape index (κ3) is 3.95. The predicted octanol–water partition coefficient (Wildman–Crippen LogP) is 4.82. The van der Waals surface area contributed by atoms with Crippen LogP contribution < -0.4 is 0 Å². The van der Waals surface area contributed by atoms with Crippen LogP contribution in [-0.4, -0.2) is 9.53 Å². The molecule has 1 nitrogen and oxygen atoms in total. The lowest BCUT2D eigenvalue weighted by atomic mass is 10.0. The van der Waals surface area contributed by atoms with Crippen LogP contribution in [0.5, 0.6) is 0 Å². The van der Waals surface area contributed by atoms with Gasteiger partial charge in [-0.25, -0.2) is 0 Å². The van der Waals surface area contributed by atoms with Crippen molar-refractivity contribution in [3.8, 4) is 0 Å². The zero-order valence-electron chi connectivity index (χ0n) is 10.9. The van der Waals surface area contributed by atoms with Crippen molar-refractivity contribution in [1.29, 1.82) is 0 Å². The fourth-order valence-corrected chi connectivity index (χ4v) is 2.91. The molecule has 17 heavy (non-hydrogen) atoms. The van der Waals surface area contributed by atoms with Crippen LogP contribution in [0.1, 0.15) is 50.3 Å². The molecular formula is C15H21IO. The second kappa shape index (κ2) is 5.27. The zero-order chi connectivity index (χ0) is 12.5. The third-order valence-corrected chi connectivity index (χ3v) is 3.71. The Kier molecular flexibility index (Phi) is 4.14. The smallest absolute Gasteiger partial charge is 0.0829 e. The highest BCUT2D eigenvalue weighted by Crippen LogP contribution is 2.37. The fourth-order valence-electron chi connectivity index (χ4n) is 2.42. The molecule has 2 rings (SSSR count). The van der Waals surface area contributed by atoms with Crippen LogP contribution in [0.25, 0.3) is 0 Å². The van der Waals surface area contributed by atoms with Crippen LogP contribution in [0.15, 0.2) is 24.3 Å².